The lowest BCUT2D eigenvalue weighted by atomic mass is 10.3. The smallest absolute Gasteiger partial charge is 0.246 e. The van der Waals surface area contributed by atoms with Crippen LogP contribution in [0.4, 0.5) is 0 Å². The highest BCUT2D eigenvalue weighted by Crippen LogP contribution is 2.15. The molecule has 14 heavy (non-hydrogen) atoms. The molecule has 1 aliphatic rings. The SMILES string of the molecule is O=S(=O)(c1cn[nH]c1)N1CC=CCC1. The zero-order valence-corrected chi connectivity index (χ0v) is 8.37. The van der Waals surface area contributed by atoms with Gasteiger partial charge in [-0.25, -0.2) is 8.42 Å². The molecule has 2 rings (SSSR count). The number of sulfonamides is 1. The summed E-state index contributed by atoms with van der Waals surface area (Å²) in [5.74, 6) is 0. The Kier molecular flexibility index (Phi) is 2.39. The molecule has 0 atom stereocenters. The van der Waals surface area contributed by atoms with E-state index in [1.807, 2.05) is 12.2 Å². The van der Waals surface area contributed by atoms with Gasteiger partial charge in [-0.15, -0.1) is 0 Å². The molecule has 0 amide bonds. The molecule has 5 nitrogen and oxygen atoms in total. The van der Waals surface area contributed by atoms with Gasteiger partial charge in [-0.3, -0.25) is 5.10 Å². The molecule has 76 valence electrons. The summed E-state index contributed by atoms with van der Waals surface area (Å²) in [6.07, 6.45) is 7.35. The first-order valence-electron chi connectivity index (χ1n) is 4.35. The van der Waals surface area contributed by atoms with Crippen LogP contribution in [-0.4, -0.2) is 36.0 Å². The van der Waals surface area contributed by atoms with Crippen molar-refractivity contribution in [3.05, 3.63) is 24.5 Å². The van der Waals surface area contributed by atoms with Gasteiger partial charge in [-0.1, -0.05) is 12.2 Å². The lowest BCUT2D eigenvalue weighted by Gasteiger charge is -2.21. The van der Waals surface area contributed by atoms with E-state index in [9.17, 15) is 8.42 Å². The molecule has 1 aromatic rings. The van der Waals surface area contributed by atoms with Crippen molar-refractivity contribution >= 4 is 10.0 Å². The van der Waals surface area contributed by atoms with Gasteiger partial charge in [0.05, 0.1) is 6.20 Å². The molecule has 1 aromatic heterocycles. The third-order valence-electron chi connectivity index (χ3n) is 2.13. The lowest BCUT2D eigenvalue weighted by Crippen LogP contribution is -2.33. The number of H-pyrrole nitrogens is 1. The zero-order valence-electron chi connectivity index (χ0n) is 7.55. The van der Waals surface area contributed by atoms with Gasteiger partial charge >= 0.3 is 0 Å². The van der Waals surface area contributed by atoms with Crippen LogP contribution in [0.5, 0.6) is 0 Å². The molecule has 0 aliphatic carbocycles. The molecule has 6 heteroatoms. The largest absolute Gasteiger partial charge is 0.284 e. The second-order valence-corrected chi connectivity index (χ2v) is 5.00. The van der Waals surface area contributed by atoms with E-state index in [2.05, 4.69) is 10.2 Å². The van der Waals surface area contributed by atoms with Gasteiger partial charge in [0, 0.05) is 19.3 Å². The highest BCUT2D eigenvalue weighted by Gasteiger charge is 2.24. The first-order chi connectivity index (χ1) is 6.71. The number of nitrogens with one attached hydrogen (secondary N) is 1. The fraction of sp³-hybridized carbons (Fsp3) is 0.375. The predicted molar refractivity (Wildman–Crippen MR) is 51.1 cm³/mol. The van der Waals surface area contributed by atoms with Crippen molar-refractivity contribution in [1.29, 1.82) is 0 Å². The van der Waals surface area contributed by atoms with Gasteiger partial charge in [-0.2, -0.15) is 9.40 Å². The summed E-state index contributed by atoms with van der Waals surface area (Å²) in [4.78, 5) is 0.229. The minimum Gasteiger partial charge on any atom is -0.284 e. The van der Waals surface area contributed by atoms with Crippen molar-refractivity contribution in [2.75, 3.05) is 13.1 Å². The molecule has 2 heterocycles. The third kappa shape index (κ3) is 1.58. The maximum absolute atomic E-state index is 11.9. The third-order valence-corrected chi connectivity index (χ3v) is 3.96. The Balaban J connectivity index is 2.29. The summed E-state index contributed by atoms with van der Waals surface area (Å²) in [6.45, 7) is 0.998. The molecule has 1 aliphatic heterocycles. The number of aromatic nitrogens is 2. The summed E-state index contributed by atoms with van der Waals surface area (Å²) in [5, 5.41) is 6.14. The summed E-state index contributed by atoms with van der Waals surface area (Å²) in [7, 11) is -3.33. The topological polar surface area (TPSA) is 66.1 Å². The van der Waals surface area contributed by atoms with E-state index in [0.717, 1.165) is 6.42 Å². The summed E-state index contributed by atoms with van der Waals surface area (Å²) in [6, 6.07) is 0. The van der Waals surface area contributed by atoms with Crippen LogP contribution in [0.25, 0.3) is 0 Å². The zero-order chi connectivity index (χ0) is 10.0. The highest BCUT2D eigenvalue weighted by atomic mass is 32.2. The normalized spacial score (nSPS) is 18.6. The lowest BCUT2D eigenvalue weighted by molar-refractivity contribution is 0.437. The van der Waals surface area contributed by atoms with Crippen molar-refractivity contribution in [2.24, 2.45) is 0 Å². The van der Waals surface area contributed by atoms with Crippen molar-refractivity contribution in [3.63, 3.8) is 0 Å². The molecule has 0 radical (unpaired) electrons. The van der Waals surface area contributed by atoms with Crippen LogP contribution in [0.2, 0.25) is 0 Å². The number of nitrogens with zero attached hydrogens (tertiary/aromatic N) is 2. The number of aromatic amines is 1. The fourth-order valence-corrected chi connectivity index (χ4v) is 2.68. The fourth-order valence-electron chi connectivity index (χ4n) is 1.37. The van der Waals surface area contributed by atoms with Crippen LogP contribution in [0, 0.1) is 0 Å². The van der Waals surface area contributed by atoms with E-state index < -0.39 is 10.0 Å². The number of rotatable bonds is 2. The van der Waals surface area contributed by atoms with E-state index in [1.165, 1.54) is 16.7 Å². The maximum Gasteiger partial charge on any atom is 0.246 e. The van der Waals surface area contributed by atoms with Crippen molar-refractivity contribution < 1.29 is 8.42 Å². The Bertz CT molecular complexity index is 421. The van der Waals surface area contributed by atoms with E-state index in [4.69, 9.17) is 0 Å². The van der Waals surface area contributed by atoms with E-state index >= 15 is 0 Å². The van der Waals surface area contributed by atoms with Gasteiger partial charge in [0.2, 0.25) is 10.0 Å². The molecule has 0 bridgehead atoms. The molecule has 0 aromatic carbocycles. The van der Waals surface area contributed by atoms with Gasteiger partial charge in [0.15, 0.2) is 0 Å². The molecule has 1 N–H and O–H groups in total. The minimum atomic E-state index is -3.33. The van der Waals surface area contributed by atoms with Gasteiger partial charge in [0.25, 0.3) is 0 Å². The summed E-state index contributed by atoms with van der Waals surface area (Å²) in [5.41, 5.74) is 0. The second-order valence-electron chi connectivity index (χ2n) is 3.06. The van der Waals surface area contributed by atoms with Gasteiger partial charge in [-0.05, 0) is 6.42 Å². The quantitative estimate of drug-likeness (QED) is 0.721. The molecule has 0 saturated heterocycles. The second kappa shape index (κ2) is 3.55. The first-order valence-corrected chi connectivity index (χ1v) is 5.79. The Hall–Kier alpha value is -1.14. The predicted octanol–water partition coefficient (Wildman–Crippen LogP) is 0.360. The van der Waals surface area contributed by atoms with E-state index in [0.29, 0.717) is 13.1 Å². The summed E-state index contributed by atoms with van der Waals surface area (Å²) < 4.78 is 25.2. The van der Waals surface area contributed by atoms with Crippen LogP contribution >= 0.6 is 0 Å². The minimum absolute atomic E-state index is 0.229. The van der Waals surface area contributed by atoms with E-state index in [1.54, 1.807) is 0 Å². The maximum atomic E-state index is 11.9. The molecule has 0 saturated carbocycles. The molecule has 0 fully saturated rings. The van der Waals surface area contributed by atoms with Crippen LogP contribution in [0.15, 0.2) is 29.4 Å². The Labute approximate surface area is 82.5 Å². The molecular weight excluding hydrogens is 202 g/mol. The average Bonchev–Trinajstić information content (AvgIpc) is 2.72. The van der Waals surface area contributed by atoms with Crippen LogP contribution < -0.4 is 0 Å². The van der Waals surface area contributed by atoms with Crippen molar-refractivity contribution in [3.8, 4) is 0 Å². The molecule has 0 spiro atoms. The monoisotopic (exact) mass is 213 g/mol. The average molecular weight is 213 g/mol. The number of hydrogen-bond donors (Lipinski definition) is 1. The van der Waals surface area contributed by atoms with Gasteiger partial charge < -0.3 is 0 Å². The number of hydrogen-bond acceptors (Lipinski definition) is 3. The summed E-state index contributed by atoms with van der Waals surface area (Å²) >= 11 is 0. The van der Waals surface area contributed by atoms with Crippen LogP contribution in [0.1, 0.15) is 6.42 Å². The van der Waals surface area contributed by atoms with Crippen LogP contribution in [-0.2, 0) is 10.0 Å². The van der Waals surface area contributed by atoms with Crippen LogP contribution in [0.3, 0.4) is 0 Å². The highest BCUT2D eigenvalue weighted by molar-refractivity contribution is 7.89. The molecular formula is C8H11N3O2S. The Morgan fingerprint density at radius 1 is 1.43 bits per heavy atom. The Morgan fingerprint density at radius 3 is 2.86 bits per heavy atom. The van der Waals surface area contributed by atoms with E-state index in [-0.39, 0.29) is 4.90 Å². The Morgan fingerprint density at radius 2 is 2.29 bits per heavy atom. The standard InChI is InChI=1S/C8H11N3O2S/c12-14(13,8-6-9-10-7-8)11-4-2-1-3-5-11/h1-2,6-7H,3-5H2,(H,9,10). The van der Waals surface area contributed by atoms with Gasteiger partial charge in [0.1, 0.15) is 4.90 Å². The van der Waals surface area contributed by atoms with Crippen molar-refractivity contribution in [2.45, 2.75) is 11.3 Å². The molecule has 0 unspecified atom stereocenters. The van der Waals surface area contributed by atoms with Crippen molar-refractivity contribution in [1.82, 2.24) is 14.5 Å². The first kappa shape index (κ1) is 9.42.